The molecule has 84 valence electrons. The molecule has 0 unspecified atom stereocenters. The number of methoxy groups -OCH3 is 1. The van der Waals surface area contributed by atoms with E-state index in [1.807, 2.05) is 0 Å². The van der Waals surface area contributed by atoms with E-state index in [1.54, 1.807) is 19.2 Å². The van der Waals surface area contributed by atoms with Crippen LogP contribution in [0.15, 0.2) is 18.2 Å². The largest absolute Gasteiger partial charge is 0.493 e. The summed E-state index contributed by atoms with van der Waals surface area (Å²) in [5, 5.41) is 0. The van der Waals surface area contributed by atoms with Crippen molar-refractivity contribution < 1.29 is 13.9 Å². The fourth-order valence-corrected chi connectivity index (χ4v) is 1.26. The summed E-state index contributed by atoms with van der Waals surface area (Å²) >= 11 is 0. The molecular formula is C11H16FNO2. The Balaban J connectivity index is 2.56. The zero-order chi connectivity index (χ0) is 11.1. The van der Waals surface area contributed by atoms with Crippen molar-refractivity contribution in [3.63, 3.8) is 0 Å². The summed E-state index contributed by atoms with van der Waals surface area (Å²) in [5.41, 5.74) is 5.86. The van der Waals surface area contributed by atoms with Crippen molar-refractivity contribution in [2.24, 2.45) is 5.73 Å². The number of nitrogens with two attached hydrogens (primary N) is 1. The molecule has 0 heterocycles. The second kappa shape index (κ2) is 6.37. The number of benzene rings is 1. The molecule has 1 aromatic carbocycles. The Morgan fingerprint density at radius 3 is 2.80 bits per heavy atom. The van der Waals surface area contributed by atoms with Crippen LogP contribution in [0.1, 0.15) is 12.0 Å². The van der Waals surface area contributed by atoms with Crippen molar-refractivity contribution in [2.75, 3.05) is 20.3 Å². The van der Waals surface area contributed by atoms with Crippen molar-refractivity contribution in [2.45, 2.75) is 13.0 Å². The van der Waals surface area contributed by atoms with Gasteiger partial charge in [-0.1, -0.05) is 6.07 Å². The maximum absolute atomic E-state index is 13.2. The number of rotatable bonds is 6. The normalized spacial score (nSPS) is 10.3. The minimum atomic E-state index is -0.318. The van der Waals surface area contributed by atoms with Crippen molar-refractivity contribution in [1.82, 2.24) is 0 Å². The molecule has 0 spiro atoms. The molecule has 1 aromatic rings. The Bertz CT molecular complexity index is 305. The van der Waals surface area contributed by atoms with Gasteiger partial charge < -0.3 is 15.2 Å². The smallest absolute Gasteiger partial charge is 0.131 e. The van der Waals surface area contributed by atoms with Gasteiger partial charge in [0.25, 0.3) is 0 Å². The molecule has 0 atom stereocenters. The van der Waals surface area contributed by atoms with E-state index in [0.29, 0.717) is 24.5 Å². The molecule has 0 bridgehead atoms. The third-order valence-electron chi connectivity index (χ3n) is 2.03. The van der Waals surface area contributed by atoms with E-state index >= 15 is 0 Å². The van der Waals surface area contributed by atoms with Gasteiger partial charge in [-0.3, -0.25) is 0 Å². The molecule has 0 aliphatic rings. The second-order valence-corrected chi connectivity index (χ2v) is 3.12. The van der Waals surface area contributed by atoms with Crippen molar-refractivity contribution in [3.05, 3.63) is 29.6 Å². The summed E-state index contributed by atoms with van der Waals surface area (Å²) in [6.45, 7) is 1.28. The highest BCUT2D eigenvalue weighted by molar-refractivity contribution is 5.34. The van der Waals surface area contributed by atoms with E-state index in [0.717, 1.165) is 6.42 Å². The first kappa shape index (κ1) is 11.9. The van der Waals surface area contributed by atoms with E-state index in [2.05, 4.69) is 0 Å². The van der Waals surface area contributed by atoms with Gasteiger partial charge in [0.15, 0.2) is 0 Å². The van der Waals surface area contributed by atoms with Crippen LogP contribution in [0.5, 0.6) is 5.75 Å². The summed E-state index contributed by atoms with van der Waals surface area (Å²) in [4.78, 5) is 0. The van der Waals surface area contributed by atoms with Gasteiger partial charge in [0.2, 0.25) is 0 Å². The third-order valence-corrected chi connectivity index (χ3v) is 2.03. The van der Waals surface area contributed by atoms with E-state index < -0.39 is 0 Å². The molecule has 15 heavy (non-hydrogen) atoms. The molecule has 4 heteroatoms. The highest BCUT2D eigenvalue weighted by Crippen LogP contribution is 2.20. The van der Waals surface area contributed by atoms with Crippen molar-refractivity contribution in [3.8, 4) is 5.75 Å². The maximum Gasteiger partial charge on any atom is 0.131 e. The lowest BCUT2D eigenvalue weighted by Gasteiger charge is -2.10. The Morgan fingerprint density at radius 1 is 1.33 bits per heavy atom. The fraction of sp³-hybridized carbons (Fsp3) is 0.455. The Hall–Kier alpha value is -1.13. The number of halogens is 1. The molecule has 0 aliphatic carbocycles. The van der Waals surface area contributed by atoms with Crippen LogP contribution in [0.25, 0.3) is 0 Å². The summed E-state index contributed by atoms with van der Waals surface area (Å²) < 4.78 is 23.5. The molecule has 0 saturated carbocycles. The standard InChI is InChI=1S/C11H16FNO2/c1-14-6-3-7-15-11-5-2-4-10(12)9(11)8-13/h2,4-5H,3,6-8,13H2,1H3. The zero-order valence-electron chi connectivity index (χ0n) is 8.83. The topological polar surface area (TPSA) is 44.5 Å². The van der Waals surface area contributed by atoms with Gasteiger partial charge in [0.1, 0.15) is 11.6 Å². The minimum Gasteiger partial charge on any atom is -0.493 e. The first-order chi connectivity index (χ1) is 7.29. The van der Waals surface area contributed by atoms with E-state index in [-0.39, 0.29) is 12.4 Å². The molecule has 0 aromatic heterocycles. The van der Waals surface area contributed by atoms with Crippen LogP contribution in [0.4, 0.5) is 4.39 Å². The minimum absolute atomic E-state index is 0.145. The molecule has 0 radical (unpaired) electrons. The molecular weight excluding hydrogens is 197 g/mol. The quantitative estimate of drug-likeness (QED) is 0.731. The van der Waals surface area contributed by atoms with Crippen LogP contribution < -0.4 is 10.5 Å². The molecule has 2 N–H and O–H groups in total. The zero-order valence-corrected chi connectivity index (χ0v) is 8.83. The van der Waals surface area contributed by atoms with Gasteiger partial charge in [0.05, 0.1) is 6.61 Å². The predicted octanol–water partition coefficient (Wildman–Crippen LogP) is 1.70. The Labute approximate surface area is 89.0 Å². The van der Waals surface area contributed by atoms with Crippen LogP contribution in [0.3, 0.4) is 0 Å². The first-order valence-corrected chi connectivity index (χ1v) is 4.88. The van der Waals surface area contributed by atoms with Crippen molar-refractivity contribution >= 4 is 0 Å². The summed E-state index contributed by atoms with van der Waals surface area (Å²) in [6, 6.07) is 4.71. The summed E-state index contributed by atoms with van der Waals surface area (Å²) in [5.74, 6) is 0.204. The van der Waals surface area contributed by atoms with Crippen LogP contribution in [-0.2, 0) is 11.3 Å². The van der Waals surface area contributed by atoms with Gasteiger partial charge in [-0.15, -0.1) is 0 Å². The average molecular weight is 213 g/mol. The van der Waals surface area contributed by atoms with Crippen LogP contribution in [0, 0.1) is 5.82 Å². The summed E-state index contributed by atoms with van der Waals surface area (Å²) in [7, 11) is 1.63. The number of hydrogen-bond acceptors (Lipinski definition) is 3. The van der Waals surface area contributed by atoms with E-state index in [9.17, 15) is 4.39 Å². The molecule has 0 aliphatic heterocycles. The lowest BCUT2D eigenvalue weighted by molar-refractivity contribution is 0.171. The highest BCUT2D eigenvalue weighted by Gasteiger charge is 2.06. The molecule has 0 amide bonds. The van der Waals surface area contributed by atoms with Crippen LogP contribution in [-0.4, -0.2) is 20.3 Å². The van der Waals surface area contributed by atoms with Gasteiger partial charge in [-0.2, -0.15) is 0 Å². The number of hydrogen-bond donors (Lipinski definition) is 1. The molecule has 3 nitrogen and oxygen atoms in total. The molecule has 1 rings (SSSR count). The van der Waals surface area contributed by atoms with Gasteiger partial charge >= 0.3 is 0 Å². The van der Waals surface area contributed by atoms with Crippen LogP contribution in [0.2, 0.25) is 0 Å². The summed E-state index contributed by atoms with van der Waals surface area (Å²) in [6.07, 6.45) is 0.775. The lowest BCUT2D eigenvalue weighted by atomic mass is 10.2. The average Bonchev–Trinajstić information content (AvgIpc) is 2.24. The maximum atomic E-state index is 13.2. The highest BCUT2D eigenvalue weighted by atomic mass is 19.1. The SMILES string of the molecule is COCCCOc1cccc(F)c1CN. The first-order valence-electron chi connectivity index (χ1n) is 4.88. The van der Waals surface area contributed by atoms with E-state index in [1.165, 1.54) is 6.07 Å². The second-order valence-electron chi connectivity index (χ2n) is 3.12. The molecule has 0 fully saturated rings. The third kappa shape index (κ3) is 3.49. The van der Waals surface area contributed by atoms with Crippen LogP contribution >= 0.6 is 0 Å². The Kier molecular flexibility index (Phi) is 5.07. The fourth-order valence-electron chi connectivity index (χ4n) is 1.26. The Morgan fingerprint density at radius 2 is 2.13 bits per heavy atom. The van der Waals surface area contributed by atoms with Crippen molar-refractivity contribution in [1.29, 1.82) is 0 Å². The van der Waals surface area contributed by atoms with Gasteiger partial charge in [-0.25, -0.2) is 4.39 Å². The lowest BCUT2D eigenvalue weighted by Crippen LogP contribution is -2.07. The molecule has 0 saturated heterocycles. The van der Waals surface area contributed by atoms with E-state index in [4.69, 9.17) is 15.2 Å². The van der Waals surface area contributed by atoms with Gasteiger partial charge in [-0.05, 0) is 12.1 Å². The monoisotopic (exact) mass is 213 g/mol. The van der Waals surface area contributed by atoms with Gasteiger partial charge in [0, 0.05) is 32.2 Å². The number of ether oxygens (including phenoxy) is 2. The predicted molar refractivity (Wildman–Crippen MR) is 56.3 cm³/mol.